The highest BCUT2D eigenvalue weighted by Gasteiger charge is 2.34. The lowest BCUT2D eigenvalue weighted by Crippen LogP contribution is -2.36. The Morgan fingerprint density at radius 2 is 1.67 bits per heavy atom. The number of carbonyl (C=O) groups excluding carboxylic acids is 2. The molecule has 0 bridgehead atoms. The van der Waals surface area contributed by atoms with Crippen LogP contribution in [0.1, 0.15) is 36.6 Å². The Kier molecular flexibility index (Phi) is 7.66. The van der Waals surface area contributed by atoms with E-state index in [0.717, 1.165) is 33.6 Å². The monoisotopic (exact) mass is 509 g/mol. The van der Waals surface area contributed by atoms with Gasteiger partial charge >= 0.3 is 11.9 Å². The predicted octanol–water partition coefficient (Wildman–Crippen LogP) is 3.77. The Morgan fingerprint density at radius 3 is 2.25 bits per heavy atom. The second-order valence-electron chi connectivity index (χ2n) is 8.57. The van der Waals surface area contributed by atoms with Gasteiger partial charge in [0.05, 0.1) is 6.61 Å². The molecular weight excluding hydrogens is 482 g/mol. The number of oxime groups is 1. The Morgan fingerprint density at radius 1 is 1.03 bits per heavy atom. The average molecular weight is 510 g/mol. The van der Waals surface area contributed by atoms with E-state index in [9.17, 15) is 9.59 Å². The molecule has 1 aromatic heterocycles. The lowest BCUT2D eigenvalue weighted by molar-refractivity contribution is -0.169. The average Bonchev–Trinajstić information content (AvgIpc) is 3.44. The van der Waals surface area contributed by atoms with E-state index in [1.165, 1.54) is 21.0 Å². The van der Waals surface area contributed by atoms with Gasteiger partial charge in [-0.3, -0.25) is 0 Å². The molecule has 1 aliphatic rings. The molecule has 0 aliphatic heterocycles. The van der Waals surface area contributed by atoms with Crippen molar-refractivity contribution in [2.45, 2.75) is 25.4 Å². The molecule has 1 heterocycles. The van der Waals surface area contributed by atoms with Crippen LogP contribution in [0.3, 0.4) is 0 Å². The summed E-state index contributed by atoms with van der Waals surface area (Å²) in [5, 5.41) is 5.79. The van der Waals surface area contributed by atoms with E-state index in [4.69, 9.17) is 24.8 Å². The van der Waals surface area contributed by atoms with E-state index in [1.807, 2.05) is 36.4 Å². The van der Waals surface area contributed by atoms with E-state index in [2.05, 4.69) is 22.3 Å². The number of nitrogens with two attached hydrogens (primary N) is 1. The van der Waals surface area contributed by atoms with Gasteiger partial charge in [0.15, 0.2) is 5.13 Å². The first-order valence-corrected chi connectivity index (χ1v) is 12.2. The zero-order chi connectivity index (χ0) is 25.7. The summed E-state index contributed by atoms with van der Waals surface area (Å²) < 4.78 is 15.7. The molecule has 0 spiro atoms. The summed E-state index contributed by atoms with van der Waals surface area (Å²) in [6.45, 7) is 3.36. The number of hydrogen-bond acceptors (Lipinski definition) is 10. The van der Waals surface area contributed by atoms with Crippen LogP contribution in [0.2, 0.25) is 0 Å². The van der Waals surface area contributed by atoms with Crippen molar-refractivity contribution in [1.82, 2.24) is 4.98 Å². The summed E-state index contributed by atoms with van der Waals surface area (Å²) in [7, 11) is 1.50. The van der Waals surface area contributed by atoms with Crippen LogP contribution in [-0.4, -0.2) is 55.2 Å². The van der Waals surface area contributed by atoms with Gasteiger partial charge in [-0.2, -0.15) is 0 Å². The summed E-state index contributed by atoms with van der Waals surface area (Å²) in [6.07, 6.45) is 0. The zero-order valence-electron chi connectivity index (χ0n) is 20.2. The first-order valence-electron chi connectivity index (χ1n) is 11.3. The number of methoxy groups -OCH3 is 1. The number of anilines is 1. The molecule has 10 heteroatoms. The molecule has 0 unspecified atom stereocenters. The molecule has 0 saturated carbocycles. The predicted molar refractivity (Wildman–Crippen MR) is 136 cm³/mol. The maximum Gasteiger partial charge on any atom is 0.362 e. The standard InChI is InChI=1S/C26H27N3O6S/c1-26(2,24(31)33-13-12-32-3)35-29-22(21-15-36-25(27)28-21)23(30)34-14-20-18-10-6-4-8-16(18)17-9-5-7-11-19(17)20/h4-11,15,20H,12-14H2,1-3H3,(H2,27,28)/b29-22+. The van der Waals surface area contributed by atoms with Crippen molar-refractivity contribution in [2.75, 3.05) is 32.7 Å². The van der Waals surface area contributed by atoms with Gasteiger partial charge in [0.25, 0.3) is 0 Å². The Balaban J connectivity index is 1.53. The normalized spacial score (nSPS) is 13.1. The molecule has 9 nitrogen and oxygen atoms in total. The number of nitrogen functional groups attached to an aromatic ring is 1. The summed E-state index contributed by atoms with van der Waals surface area (Å²) in [5.41, 5.74) is 8.70. The quantitative estimate of drug-likeness (QED) is 0.190. The van der Waals surface area contributed by atoms with E-state index >= 15 is 0 Å². The molecule has 0 saturated heterocycles. The maximum absolute atomic E-state index is 13.2. The smallest absolute Gasteiger partial charge is 0.362 e. The van der Waals surface area contributed by atoms with Crippen LogP contribution in [0.15, 0.2) is 59.1 Å². The largest absolute Gasteiger partial charge is 0.460 e. The fourth-order valence-electron chi connectivity index (χ4n) is 3.84. The molecule has 0 fully saturated rings. The summed E-state index contributed by atoms with van der Waals surface area (Å²) in [5.74, 6) is -1.53. The van der Waals surface area contributed by atoms with E-state index in [0.29, 0.717) is 0 Å². The highest BCUT2D eigenvalue weighted by Crippen LogP contribution is 2.44. The third-order valence-corrected chi connectivity index (χ3v) is 6.35. The second-order valence-corrected chi connectivity index (χ2v) is 9.46. The fraction of sp³-hybridized carbons (Fsp3) is 0.308. The zero-order valence-corrected chi connectivity index (χ0v) is 21.0. The van der Waals surface area contributed by atoms with Crippen LogP contribution in [0.4, 0.5) is 5.13 Å². The molecule has 2 aromatic carbocycles. The minimum absolute atomic E-state index is 0.0632. The van der Waals surface area contributed by atoms with Gasteiger partial charge in [-0.05, 0) is 36.1 Å². The number of nitrogens with zero attached hydrogens (tertiary/aromatic N) is 2. The Hall–Kier alpha value is -3.76. The van der Waals surface area contributed by atoms with Gasteiger partial charge in [-0.1, -0.05) is 53.7 Å². The molecule has 3 aromatic rings. The molecular formula is C26H27N3O6S. The van der Waals surface area contributed by atoms with E-state index in [1.54, 1.807) is 5.38 Å². The SMILES string of the molecule is COCCOC(=O)C(C)(C)O/N=C(/C(=O)OCC1c2ccccc2-c2ccccc21)c1csc(N)n1. The molecule has 2 N–H and O–H groups in total. The summed E-state index contributed by atoms with van der Waals surface area (Å²) in [6, 6.07) is 16.1. The molecule has 36 heavy (non-hydrogen) atoms. The van der Waals surface area contributed by atoms with Crippen LogP contribution >= 0.6 is 11.3 Å². The van der Waals surface area contributed by atoms with E-state index < -0.39 is 17.5 Å². The van der Waals surface area contributed by atoms with Gasteiger partial charge in [0, 0.05) is 18.4 Å². The van der Waals surface area contributed by atoms with Crippen molar-refractivity contribution in [1.29, 1.82) is 0 Å². The third-order valence-electron chi connectivity index (χ3n) is 5.68. The van der Waals surface area contributed by atoms with Crippen molar-refractivity contribution < 1.29 is 28.6 Å². The number of carbonyl (C=O) groups is 2. The first kappa shape index (κ1) is 25.3. The summed E-state index contributed by atoms with van der Waals surface area (Å²) >= 11 is 1.15. The lowest BCUT2D eigenvalue weighted by Gasteiger charge is -2.20. The molecule has 0 radical (unpaired) electrons. The van der Waals surface area contributed by atoms with Gasteiger partial charge in [0.1, 0.15) is 18.9 Å². The number of hydrogen-bond donors (Lipinski definition) is 1. The third kappa shape index (κ3) is 5.39. The molecule has 0 atom stereocenters. The maximum atomic E-state index is 13.2. The number of thiazole rings is 1. The highest BCUT2D eigenvalue weighted by atomic mass is 32.1. The van der Waals surface area contributed by atoms with Gasteiger partial charge < -0.3 is 24.8 Å². The van der Waals surface area contributed by atoms with E-state index in [-0.39, 0.29) is 42.3 Å². The molecule has 0 amide bonds. The van der Waals surface area contributed by atoms with Gasteiger partial charge in [-0.25, -0.2) is 14.6 Å². The van der Waals surface area contributed by atoms with Crippen molar-refractivity contribution in [3.05, 3.63) is 70.7 Å². The molecule has 188 valence electrons. The Labute approximate surface area is 212 Å². The topological polar surface area (TPSA) is 122 Å². The second kappa shape index (κ2) is 10.9. The molecule has 4 rings (SSSR count). The Bertz CT molecular complexity index is 1240. The van der Waals surface area contributed by atoms with Crippen molar-refractivity contribution in [3.63, 3.8) is 0 Å². The number of rotatable bonds is 10. The van der Waals surface area contributed by atoms with Crippen LogP contribution in [0.25, 0.3) is 11.1 Å². The number of fused-ring (bicyclic) bond motifs is 3. The number of aromatic nitrogens is 1. The van der Waals surface area contributed by atoms with Gasteiger partial charge in [0.2, 0.25) is 11.3 Å². The van der Waals surface area contributed by atoms with Crippen LogP contribution in [0, 0.1) is 0 Å². The van der Waals surface area contributed by atoms with Crippen LogP contribution < -0.4 is 5.73 Å². The lowest BCUT2D eigenvalue weighted by atomic mass is 9.98. The van der Waals surface area contributed by atoms with Crippen molar-refractivity contribution in [3.8, 4) is 11.1 Å². The van der Waals surface area contributed by atoms with Crippen LogP contribution in [0.5, 0.6) is 0 Å². The highest BCUT2D eigenvalue weighted by molar-refractivity contribution is 7.13. The fourth-order valence-corrected chi connectivity index (χ4v) is 4.39. The van der Waals surface area contributed by atoms with Crippen molar-refractivity contribution in [2.24, 2.45) is 5.16 Å². The first-order chi connectivity index (χ1) is 17.3. The summed E-state index contributed by atoms with van der Waals surface area (Å²) in [4.78, 5) is 35.2. The number of esters is 2. The minimum Gasteiger partial charge on any atom is -0.460 e. The minimum atomic E-state index is -1.47. The van der Waals surface area contributed by atoms with Gasteiger partial charge in [-0.15, -0.1) is 11.3 Å². The number of benzene rings is 2. The molecule has 1 aliphatic carbocycles. The number of ether oxygens (including phenoxy) is 3. The van der Waals surface area contributed by atoms with Crippen molar-refractivity contribution >= 4 is 34.1 Å². The van der Waals surface area contributed by atoms with Crippen LogP contribution in [-0.2, 0) is 28.6 Å².